The van der Waals surface area contributed by atoms with Crippen LogP contribution in [-0.2, 0) is 10.0 Å². The first-order valence-electron chi connectivity index (χ1n) is 7.01. The molecule has 0 radical (unpaired) electrons. The second-order valence-corrected chi connectivity index (χ2v) is 7.15. The molecule has 1 fully saturated rings. The van der Waals surface area contributed by atoms with E-state index in [1.165, 1.54) is 19.3 Å². The second kappa shape index (κ2) is 6.95. The van der Waals surface area contributed by atoms with Crippen molar-refractivity contribution >= 4 is 15.7 Å². The van der Waals surface area contributed by atoms with Gasteiger partial charge in [-0.3, -0.25) is 0 Å². The zero-order chi connectivity index (χ0) is 14.4. The quantitative estimate of drug-likeness (QED) is 0.717. The van der Waals surface area contributed by atoms with E-state index in [4.69, 9.17) is 10.5 Å². The Morgan fingerprint density at radius 3 is 2.80 bits per heavy atom. The van der Waals surface area contributed by atoms with E-state index in [1.807, 2.05) is 0 Å². The van der Waals surface area contributed by atoms with E-state index in [0.29, 0.717) is 23.9 Å². The van der Waals surface area contributed by atoms with E-state index >= 15 is 0 Å². The fourth-order valence-electron chi connectivity index (χ4n) is 2.15. The van der Waals surface area contributed by atoms with Crippen LogP contribution >= 0.6 is 0 Å². The van der Waals surface area contributed by atoms with Gasteiger partial charge in [-0.2, -0.15) is 0 Å². The van der Waals surface area contributed by atoms with Gasteiger partial charge in [-0.25, -0.2) is 13.1 Å². The van der Waals surface area contributed by atoms with E-state index in [0.717, 1.165) is 6.42 Å². The smallest absolute Gasteiger partial charge is 0.214 e. The van der Waals surface area contributed by atoms with Crippen molar-refractivity contribution in [1.82, 2.24) is 4.72 Å². The molecule has 0 spiro atoms. The summed E-state index contributed by atoms with van der Waals surface area (Å²) in [6.07, 6.45) is 4.70. The van der Waals surface area contributed by atoms with Crippen molar-refractivity contribution in [1.29, 1.82) is 0 Å². The lowest BCUT2D eigenvalue weighted by Gasteiger charge is -2.25. The molecule has 0 aromatic heterocycles. The molecule has 20 heavy (non-hydrogen) atoms. The second-order valence-electron chi connectivity index (χ2n) is 5.22. The molecule has 0 aliphatic heterocycles. The van der Waals surface area contributed by atoms with Gasteiger partial charge >= 0.3 is 0 Å². The molecule has 1 aromatic rings. The standard InChI is InChI=1S/C14H22N2O3S/c15-13-5-2-6-14(11-13)19-9-10-20(17,18)16-8-7-12-3-1-4-12/h2,5-6,11-12,16H,1,3-4,7-10,15H2. The number of nitrogens with one attached hydrogen (secondary N) is 1. The molecule has 0 bridgehead atoms. The van der Waals surface area contributed by atoms with Gasteiger partial charge in [-0.1, -0.05) is 25.3 Å². The topological polar surface area (TPSA) is 81.4 Å². The van der Waals surface area contributed by atoms with Gasteiger partial charge in [0.15, 0.2) is 0 Å². The largest absolute Gasteiger partial charge is 0.492 e. The Bertz CT molecular complexity index is 527. The average molecular weight is 298 g/mol. The first-order valence-corrected chi connectivity index (χ1v) is 8.66. The van der Waals surface area contributed by atoms with Crippen molar-refractivity contribution in [2.45, 2.75) is 25.7 Å². The average Bonchev–Trinajstić information content (AvgIpc) is 2.32. The monoisotopic (exact) mass is 298 g/mol. The van der Waals surface area contributed by atoms with Crippen LogP contribution in [0, 0.1) is 5.92 Å². The van der Waals surface area contributed by atoms with E-state index < -0.39 is 10.0 Å². The van der Waals surface area contributed by atoms with Gasteiger partial charge in [-0.05, 0) is 24.5 Å². The normalized spacial score (nSPS) is 15.8. The Morgan fingerprint density at radius 2 is 2.15 bits per heavy atom. The van der Waals surface area contributed by atoms with Gasteiger partial charge < -0.3 is 10.5 Å². The van der Waals surface area contributed by atoms with E-state index in [1.54, 1.807) is 24.3 Å². The Morgan fingerprint density at radius 1 is 1.35 bits per heavy atom. The summed E-state index contributed by atoms with van der Waals surface area (Å²) in [6.45, 7) is 0.660. The van der Waals surface area contributed by atoms with Crippen LogP contribution < -0.4 is 15.2 Å². The number of hydrogen-bond donors (Lipinski definition) is 2. The number of nitrogens with two attached hydrogens (primary N) is 1. The summed E-state index contributed by atoms with van der Waals surface area (Å²) >= 11 is 0. The number of benzene rings is 1. The molecule has 0 amide bonds. The summed E-state index contributed by atoms with van der Waals surface area (Å²) in [5, 5.41) is 0. The van der Waals surface area contributed by atoms with Crippen LogP contribution in [0.2, 0.25) is 0 Å². The highest BCUT2D eigenvalue weighted by atomic mass is 32.2. The molecule has 112 valence electrons. The Labute approximate surface area is 120 Å². The lowest BCUT2D eigenvalue weighted by molar-refractivity contribution is 0.297. The van der Waals surface area contributed by atoms with Crippen molar-refractivity contribution in [3.8, 4) is 5.75 Å². The predicted octanol–water partition coefficient (Wildman–Crippen LogP) is 1.76. The first kappa shape index (κ1) is 15.1. The van der Waals surface area contributed by atoms with Gasteiger partial charge in [0.25, 0.3) is 0 Å². The Balaban J connectivity index is 1.66. The number of nitrogen functional groups attached to an aromatic ring is 1. The molecule has 2 rings (SSSR count). The highest BCUT2D eigenvalue weighted by Gasteiger charge is 2.18. The van der Waals surface area contributed by atoms with Crippen LogP contribution in [0.4, 0.5) is 5.69 Å². The summed E-state index contributed by atoms with van der Waals surface area (Å²) in [7, 11) is -3.25. The van der Waals surface area contributed by atoms with E-state index in [9.17, 15) is 8.42 Å². The Hall–Kier alpha value is -1.27. The number of hydrogen-bond acceptors (Lipinski definition) is 4. The molecule has 0 heterocycles. The molecule has 5 nitrogen and oxygen atoms in total. The van der Waals surface area contributed by atoms with Gasteiger partial charge in [0.1, 0.15) is 12.4 Å². The molecular weight excluding hydrogens is 276 g/mol. The van der Waals surface area contributed by atoms with Crippen molar-refractivity contribution in [3.05, 3.63) is 24.3 Å². The molecule has 1 aliphatic rings. The lowest BCUT2D eigenvalue weighted by atomic mass is 9.83. The molecule has 6 heteroatoms. The first-order chi connectivity index (χ1) is 9.55. The fourth-order valence-corrected chi connectivity index (χ4v) is 3.02. The minimum atomic E-state index is -3.25. The summed E-state index contributed by atoms with van der Waals surface area (Å²) in [6, 6.07) is 6.96. The van der Waals surface area contributed by atoms with Crippen LogP contribution in [0.5, 0.6) is 5.75 Å². The number of sulfonamides is 1. The third kappa shape index (κ3) is 5.02. The van der Waals surface area contributed by atoms with E-state index in [2.05, 4.69) is 4.72 Å². The maximum absolute atomic E-state index is 11.8. The van der Waals surface area contributed by atoms with Gasteiger partial charge in [0, 0.05) is 18.3 Å². The third-order valence-corrected chi connectivity index (χ3v) is 4.93. The highest BCUT2D eigenvalue weighted by Crippen LogP contribution is 2.28. The third-order valence-electron chi connectivity index (χ3n) is 3.58. The molecule has 1 aromatic carbocycles. The minimum Gasteiger partial charge on any atom is -0.492 e. The van der Waals surface area contributed by atoms with Crippen molar-refractivity contribution in [2.24, 2.45) is 5.92 Å². The fraction of sp³-hybridized carbons (Fsp3) is 0.571. The zero-order valence-electron chi connectivity index (χ0n) is 11.5. The van der Waals surface area contributed by atoms with Crippen LogP contribution in [0.3, 0.4) is 0 Å². The number of anilines is 1. The molecular formula is C14H22N2O3S. The highest BCUT2D eigenvalue weighted by molar-refractivity contribution is 7.89. The van der Waals surface area contributed by atoms with Crippen LogP contribution in [0.15, 0.2) is 24.3 Å². The summed E-state index contributed by atoms with van der Waals surface area (Å²) in [5.41, 5.74) is 6.22. The summed E-state index contributed by atoms with van der Waals surface area (Å²) < 4.78 is 31.5. The SMILES string of the molecule is Nc1cccc(OCCS(=O)(=O)NCCC2CCC2)c1. The van der Waals surface area contributed by atoms with Crippen molar-refractivity contribution < 1.29 is 13.2 Å². The van der Waals surface area contributed by atoms with Gasteiger partial charge in [-0.15, -0.1) is 0 Å². The molecule has 0 unspecified atom stereocenters. The molecule has 3 N–H and O–H groups in total. The van der Waals surface area contributed by atoms with Gasteiger partial charge in [0.05, 0.1) is 5.75 Å². The lowest BCUT2D eigenvalue weighted by Crippen LogP contribution is -2.31. The molecule has 0 saturated heterocycles. The number of ether oxygens (including phenoxy) is 1. The molecule has 1 aliphatic carbocycles. The maximum atomic E-state index is 11.8. The summed E-state index contributed by atoms with van der Waals surface area (Å²) in [4.78, 5) is 0. The minimum absolute atomic E-state index is 0.0353. The van der Waals surface area contributed by atoms with Gasteiger partial charge in [0.2, 0.25) is 10.0 Å². The maximum Gasteiger partial charge on any atom is 0.214 e. The van der Waals surface area contributed by atoms with Crippen LogP contribution in [-0.4, -0.2) is 27.3 Å². The van der Waals surface area contributed by atoms with Crippen LogP contribution in [0.25, 0.3) is 0 Å². The molecule has 0 atom stereocenters. The zero-order valence-corrected chi connectivity index (χ0v) is 12.4. The van der Waals surface area contributed by atoms with Crippen LogP contribution in [0.1, 0.15) is 25.7 Å². The predicted molar refractivity (Wildman–Crippen MR) is 80.1 cm³/mol. The summed E-state index contributed by atoms with van der Waals surface area (Å²) in [5.74, 6) is 1.27. The van der Waals surface area contributed by atoms with E-state index in [-0.39, 0.29) is 12.4 Å². The van der Waals surface area contributed by atoms with Crippen molar-refractivity contribution in [3.63, 3.8) is 0 Å². The van der Waals surface area contributed by atoms with Crippen molar-refractivity contribution in [2.75, 3.05) is 24.6 Å². The number of rotatable bonds is 8. The molecule has 1 saturated carbocycles. The Kier molecular flexibility index (Phi) is 5.25.